The summed E-state index contributed by atoms with van der Waals surface area (Å²) >= 11 is 0. The Morgan fingerprint density at radius 2 is 2.33 bits per heavy atom. The largest absolute Gasteiger partial charge is 0.326 e. The molecule has 0 heterocycles. The molecule has 0 saturated carbocycles. The van der Waals surface area contributed by atoms with Gasteiger partial charge in [0, 0.05) is 0 Å². The van der Waals surface area contributed by atoms with Crippen LogP contribution >= 0.6 is 8.25 Å². The Kier molecular flexibility index (Phi) is 4.68. The highest BCUT2D eigenvalue weighted by Gasteiger charge is 1.86. The van der Waals surface area contributed by atoms with Gasteiger partial charge in [0.05, 0.1) is 6.61 Å². The molecule has 4 heteroatoms. The predicted octanol–water partition coefficient (Wildman–Crippen LogP) is 1.35. The molecule has 0 amide bonds. The summed E-state index contributed by atoms with van der Waals surface area (Å²) in [6.07, 6.45) is 1.75. The van der Waals surface area contributed by atoms with E-state index in [1.165, 1.54) is 0 Å². The van der Waals surface area contributed by atoms with Crippen molar-refractivity contribution in [3.05, 3.63) is 11.6 Å². The van der Waals surface area contributed by atoms with Crippen LogP contribution in [-0.2, 0) is 9.09 Å². The van der Waals surface area contributed by atoms with Crippen LogP contribution in [0.5, 0.6) is 0 Å². The first-order valence-electron chi connectivity index (χ1n) is 2.62. The second-order valence-electron chi connectivity index (χ2n) is 1.86. The normalized spacial score (nSPS) is 12.8. The van der Waals surface area contributed by atoms with Crippen LogP contribution in [0.25, 0.3) is 0 Å². The Morgan fingerprint density at radius 1 is 1.78 bits per heavy atom. The quantitative estimate of drug-likeness (QED) is 0.488. The number of allylic oxidation sites excluding steroid dienone is 1. The summed E-state index contributed by atoms with van der Waals surface area (Å²) in [5.74, 6) is 0. The molecule has 0 spiro atoms. The van der Waals surface area contributed by atoms with E-state index in [9.17, 15) is 4.57 Å². The molecule has 0 radical (unpaired) electrons. The zero-order valence-electron chi connectivity index (χ0n) is 5.55. The first-order valence-corrected chi connectivity index (χ1v) is 3.88. The van der Waals surface area contributed by atoms with Gasteiger partial charge in [-0.1, -0.05) is 11.6 Å². The van der Waals surface area contributed by atoms with Gasteiger partial charge in [0.15, 0.2) is 0 Å². The SMILES string of the molecule is CC(C)=CCO[PH](=O)O. The van der Waals surface area contributed by atoms with Gasteiger partial charge in [-0.25, -0.2) is 0 Å². The van der Waals surface area contributed by atoms with Crippen molar-refractivity contribution in [1.29, 1.82) is 0 Å². The van der Waals surface area contributed by atoms with E-state index < -0.39 is 8.25 Å². The van der Waals surface area contributed by atoms with Crippen molar-refractivity contribution in [2.45, 2.75) is 13.8 Å². The van der Waals surface area contributed by atoms with E-state index in [2.05, 4.69) is 4.52 Å². The average Bonchev–Trinajstić information content (AvgIpc) is 1.63. The molecule has 0 aliphatic heterocycles. The summed E-state index contributed by atoms with van der Waals surface area (Å²) in [6.45, 7) is 4.03. The van der Waals surface area contributed by atoms with Crippen molar-refractivity contribution in [3.63, 3.8) is 0 Å². The minimum atomic E-state index is -2.72. The molecule has 0 aliphatic carbocycles. The molecular weight excluding hydrogens is 139 g/mol. The van der Waals surface area contributed by atoms with Gasteiger partial charge in [-0.2, -0.15) is 0 Å². The molecule has 3 nitrogen and oxygen atoms in total. The number of hydrogen-bond acceptors (Lipinski definition) is 2. The monoisotopic (exact) mass is 150 g/mol. The predicted molar refractivity (Wildman–Crippen MR) is 36.6 cm³/mol. The maximum absolute atomic E-state index is 9.91. The van der Waals surface area contributed by atoms with Crippen LogP contribution < -0.4 is 0 Å². The molecule has 0 rings (SSSR count). The molecule has 0 fully saturated rings. The lowest BCUT2D eigenvalue weighted by atomic mass is 10.3. The second kappa shape index (κ2) is 4.74. The summed E-state index contributed by atoms with van der Waals surface area (Å²) < 4.78 is 14.3. The van der Waals surface area contributed by atoms with Crippen LogP contribution in [0.1, 0.15) is 13.8 Å². The smallest absolute Gasteiger partial charge is 0.316 e. The minimum absolute atomic E-state index is 0.233. The number of hydrogen-bond donors (Lipinski definition) is 1. The van der Waals surface area contributed by atoms with Crippen molar-refractivity contribution in [1.82, 2.24) is 0 Å². The summed E-state index contributed by atoms with van der Waals surface area (Å²) in [7, 11) is -2.72. The highest BCUT2D eigenvalue weighted by Crippen LogP contribution is 2.13. The fourth-order valence-electron chi connectivity index (χ4n) is 0.280. The average molecular weight is 150 g/mol. The van der Waals surface area contributed by atoms with Gasteiger partial charge in [0.2, 0.25) is 0 Å². The van der Waals surface area contributed by atoms with Gasteiger partial charge in [-0.05, 0) is 13.8 Å². The maximum Gasteiger partial charge on any atom is 0.316 e. The van der Waals surface area contributed by atoms with Gasteiger partial charge in [-0.3, -0.25) is 4.57 Å². The highest BCUT2D eigenvalue weighted by atomic mass is 31.1. The number of rotatable bonds is 3. The molecule has 1 atom stereocenters. The van der Waals surface area contributed by atoms with Crippen molar-refractivity contribution < 1.29 is 14.0 Å². The molecule has 1 N–H and O–H groups in total. The third kappa shape index (κ3) is 7.89. The molecule has 0 aromatic carbocycles. The standard InChI is InChI=1S/C5H11O3P/c1-5(2)3-4-8-9(6)7/h3,9H,4H2,1-2H3,(H,6,7). The van der Waals surface area contributed by atoms with E-state index in [0.717, 1.165) is 5.57 Å². The van der Waals surface area contributed by atoms with Crippen molar-refractivity contribution in [2.75, 3.05) is 6.61 Å². The summed E-state index contributed by atoms with van der Waals surface area (Å²) in [4.78, 5) is 8.16. The van der Waals surface area contributed by atoms with Gasteiger partial charge < -0.3 is 9.42 Å². The van der Waals surface area contributed by atoms with Crippen LogP contribution in [0.15, 0.2) is 11.6 Å². The molecule has 0 aliphatic rings. The Labute approximate surface area is 55.3 Å². The molecular formula is C5H11O3P. The lowest BCUT2D eigenvalue weighted by Gasteiger charge is -1.92. The Morgan fingerprint density at radius 3 is 2.67 bits per heavy atom. The van der Waals surface area contributed by atoms with Gasteiger partial charge in [0.1, 0.15) is 0 Å². The van der Waals surface area contributed by atoms with Gasteiger partial charge >= 0.3 is 8.25 Å². The second-order valence-corrected chi connectivity index (χ2v) is 2.68. The lowest BCUT2D eigenvalue weighted by Crippen LogP contribution is -1.79. The van der Waals surface area contributed by atoms with Crippen LogP contribution in [0.2, 0.25) is 0 Å². The zero-order chi connectivity index (χ0) is 7.28. The fourth-order valence-corrected chi connectivity index (χ4v) is 0.506. The van der Waals surface area contributed by atoms with E-state index in [4.69, 9.17) is 4.89 Å². The lowest BCUT2D eigenvalue weighted by molar-refractivity contribution is 0.312. The van der Waals surface area contributed by atoms with E-state index >= 15 is 0 Å². The topological polar surface area (TPSA) is 46.5 Å². The Bertz CT molecular complexity index is 126. The summed E-state index contributed by atoms with van der Waals surface area (Å²) in [5, 5.41) is 0. The Balaban J connectivity index is 3.31. The fraction of sp³-hybridized carbons (Fsp3) is 0.600. The molecule has 54 valence electrons. The van der Waals surface area contributed by atoms with Gasteiger partial charge in [-0.15, -0.1) is 0 Å². The third-order valence-electron chi connectivity index (χ3n) is 0.698. The zero-order valence-corrected chi connectivity index (χ0v) is 6.55. The summed E-state index contributed by atoms with van der Waals surface area (Å²) in [5.41, 5.74) is 1.08. The first-order chi connectivity index (χ1) is 4.13. The Hall–Kier alpha value is -0.110. The van der Waals surface area contributed by atoms with Crippen molar-refractivity contribution >= 4 is 8.25 Å². The third-order valence-corrected chi connectivity index (χ3v) is 1.11. The van der Waals surface area contributed by atoms with Crippen LogP contribution in [0, 0.1) is 0 Å². The van der Waals surface area contributed by atoms with E-state index in [0.29, 0.717) is 0 Å². The molecule has 0 aromatic rings. The van der Waals surface area contributed by atoms with Crippen LogP contribution in [0.3, 0.4) is 0 Å². The van der Waals surface area contributed by atoms with Crippen LogP contribution in [-0.4, -0.2) is 11.5 Å². The van der Waals surface area contributed by atoms with E-state index in [1.807, 2.05) is 13.8 Å². The minimum Gasteiger partial charge on any atom is -0.326 e. The van der Waals surface area contributed by atoms with E-state index in [-0.39, 0.29) is 6.61 Å². The van der Waals surface area contributed by atoms with E-state index in [1.54, 1.807) is 6.08 Å². The highest BCUT2D eigenvalue weighted by molar-refractivity contribution is 7.32. The molecule has 0 saturated heterocycles. The summed E-state index contributed by atoms with van der Waals surface area (Å²) in [6, 6.07) is 0. The molecule has 0 aromatic heterocycles. The van der Waals surface area contributed by atoms with Crippen molar-refractivity contribution in [2.24, 2.45) is 0 Å². The van der Waals surface area contributed by atoms with Gasteiger partial charge in [0.25, 0.3) is 0 Å². The molecule has 0 bridgehead atoms. The van der Waals surface area contributed by atoms with Crippen LogP contribution in [0.4, 0.5) is 0 Å². The maximum atomic E-state index is 9.91. The molecule has 1 unspecified atom stereocenters. The first kappa shape index (κ1) is 8.89. The molecule has 9 heavy (non-hydrogen) atoms. The van der Waals surface area contributed by atoms with Crippen molar-refractivity contribution in [3.8, 4) is 0 Å².